The Morgan fingerprint density at radius 3 is 2.57 bits per heavy atom. The van der Waals surface area contributed by atoms with Gasteiger partial charge in [-0.3, -0.25) is 28.1 Å². The van der Waals surface area contributed by atoms with Gasteiger partial charge in [0.25, 0.3) is 11.5 Å². The molecule has 0 spiro atoms. The average Bonchev–Trinajstić information content (AvgIpc) is 3.35. The number of nitrogens with two attached hydrogens (primary N) is 1. The molecule has 4 rings (SSSR count). The van der Waals surface area contributed by atoms with Crippen molar-refractivity contribution in [3.8, 4) is 17.6 Å². The third kappa shape index (κ3) is 7.11. The third-order valence-electron chi connectivity index (χ3n) is 6.91. The first-order chi connectivity index (χ1) is 20.8. The van der Waals surface area contributed by atoms with E-state index in [1.54, 1.807) is 44.4 Å². The van der Waals surface area contributed by atoms with Crippen molar-refractivity contribution in [2.75, 3.05) is 24.6 Å². The van der Waals surface area contributed by atoms with Crippen LogP contribution in [0.4, 0.5) is 10.7 Å². The number of nitrogens with zero attached hydrogens (tertiary/aromatic N) is 5. The molecule has 1 aliphatic rings. The van der Waals surface area contributed by atoms with Crippen molar-refractivity contribution < 1.29 is 23.9 Å². The number of hydrogen-bond acceptors (Lipinski definition) is 9. The van der Waals surface area contributed by atoms with E-state index in [2.05, 4.69) is 17.2 Å². The van der Waals surface area contributed by atoms with Crippen LogP contribution < -0.4 is 31.9 Å². The number of primary amides is 1. The number of rotatable bonds is 9. The van der Waals surface area contributed by atoms with E-state index in [0.717, 1.165) is 17.4 Å². The molecule has 3 aromatic rings. The second-order valence-corrected chi connectivity index (χ2v) is 11.4. The van der Waals surface area contributed by atoms with Gasteiger partial charge in [0.15, 0.2) is 23.6 Å². The SMILES string of the molecule is CC#CCn1c(N2CCCC(NC(=O)OC(C)(C)C)C2)nc2c1c(=O)n(CC(=O)c1ccccc1OCC(N)=O)c(=O)n2C. The highest BCUT2D eigenvalue weighted by atomic mass is 16.6. The summed E-state index contributed by atoms with van der Waals surface area (Å²) in [6, 6.07) is 5.95. The molecule has 1 unspecified atom stereocenters. The first-order valence-electron chi connectivity index (χ1n) is 14.2. The Morgan fingerprint density at radius 1 is 1.16 bits per heavy atom. The van der Waals surface area contributed by atoms with Crippen LogP contribution in [0.1, 0.15) is 50.9 Å². The van der Waals surface area contributed by atoms with E-state index in [0.29, 0.717) is 19.0 Å². The minimum absolute atomic E-state index is 0.0886. The number of amides is 2. The number of carbonyl (C=O) groups is 3. The molecule has 3 heterocycles. The highest BCUT2D eigenvalue weighted by Gasteiger charge is 2.29. The summed E-state index contributed by atoms with van der Waals surface area (Å²) in [7, 11) is 1.48. The molecule has 14 nitrogen and oxygen atoms in total. The Morgan fingerprint density at radius 2 is 1.89 bits per heavy atom. The number of aromatic nitrogens is 4. The van der Waals surface area contributed by atoms with Crippen LogP contribution in [0, 0.1) is 11.8 Å². The van der Waals surface area contributed by atoms with Crippen LogP contribution >= 0.6 is 0 Å². The minimum atomic E-state index is -0.729. The molecule has 234 valence electrons. The fourth-order valence-electron chi connectivity index (χ4n) is 5.00. The fourth-order valence-corrected chi connectivity index (χ4v) is 5.00. The summed E-state index contributed by atoms with van der Waals surface area (Å²) in [5, 5.41) is 2.91. The van der Waals surface area contributed by atoms with Crippen molar-refractivity contribution >= 4 is 34.9 Å². The van der Waals surface area contributed by atoms with E-state index < -0.39 is 47.8 Å². The zero-order valence-electron chi connectivity index (χ0n) is 25.5. The van der Waals surface area contributed by atoms with Crippen molar-refractivity contribution in [3.63, 3.8) is 0 Å². The fraction of sp³-hybridized carbons (Fsp3) is 0.467. The van der Waals surface area contributed by atoms with Gasteiger partial charge in [-0.15, -0.1) is 5.92 Å². The van der Waals surface area contributed by atoms with Gasteiger partial charge in [-0.25, -0.2) is 9.59 Å². The van der Waals surface area contributed by atoms with Crippen molar-refractivity contribution in [1.29, 1.82) is 0 Å². The number of aryl methyl sites for hydroxylation is 1. The number of hydrogen-bond donors (Lipinski definition) is 2. The lowest BCUT2D eigenvalue weighted by Gasteiger charge is -2.34. The molecular formula is C30H37N7O7. The molecule has 0 radical (unpaired) electrons. The minimum Gasteiger partial charge on any atom is -0.483 e. The van der Waals surface area contributed by atoms with Gasteiger partial charge in [-0.1, -0.05) is 18.1 Å². The van der Waals surface area contributed by atoms with Gasteiger partial charge >= 0.3 is 11.8 Å². The first kappa shape index (κ1) is 31.9. The Bertz CT molecular complexity index is 1770. The quantitative estimate of drug-likeness (QED) is 0.267. The molecule has 3 N–H and O–H groups in total. The van der Waals surface area contributed by atoms with E-state index in [4.69, 9.17) is 20.2 Å². The molecular weight excluding hydrogens is 570 g/mol. The number of ether oxygens (including phenoxy) is 2. The van der Waals surface area contributed by atoms with Crippen LogP contribution in [0.3, 0.4) is 0 Å². The summed E-state index contributed by atoms with van der Waals surface area (Å²) in [4.78, 5) is 70.9. The van der Waals surface area contributed by atoms with Crippen molar-refractivity contribution in [3.05, 3.63) is 50.7 Å². The Kier molecular flexibility index (Phi) is 9.46. The lowest BCUT2D eigenvalue weighted by molar-refractivity contribution is -0.119. The zero-order valence-corrected chi connectivity index (χ0v) is 25.5. The molecule has 1 aliphatic heterocycles. The lowest BCUT2D eigenvalue weighted by Crippen LogP contribution is -2.49. The second kappa shape index (κ2) is 13.1. The van der Waals surface area contributed by atoms with Crippen molar-refractivity contribution in [2.24, 2.45) is 12.8 Å². The van der Waals surface area contributed by atoms with Crippen molar-refractivity contribution in [2.45, 2.75) is 65.3 Å². The predicted molar refractivity (Wildman–Crippen MR) is 163 cm³/mol. The molecule has 2 amide bonds. The largest absolute Gasteiger partial charge is 0.483 e. The summed E-state index contributed by atoms with van der Waals surface area (Å²) in [6.45, 7) is 7.11. The Hall–Kier alpha value is -5.06. The standard InChI is InChI=1S/C30H37N7O7/c1-6-7-15-36-24-25(33-27(36)35-14-10-11-19(16-35)32-28(41)44-30(2,3)4)34(5)29(42)37(26(24)40)17-21(38)20-12-8-9-13-22(20)43-18-23(31)39/h8-9,12-13,19H,10-11,14-18H2,1-5H3,(H2,31,39)(H,32,41). The van der Waals surface area contributed by atoms with Gasteiger partial charge in [0.1, 0.15) is 11.4 Å². The molecule has 0 bridgehead atoms. The maximum atomic E-state index is 13.9. The number of piperidine rings is 1. The predicted octanol–water partition coefficient (Wildman–Crippen LogP) is 1.16. The van der Waals surface area contributed by atoms with E-state index in [9.17, 15) is 24.0 Å². The number of Topliss-reactive ketones (excluding diaryl/α,β-unsaturated/α-hetero) is 1. The third-order valence-corrected chi connectivity index (χ3v) is 6.91. The Balaban J connectivity index is 1.73. The molecule has 44 heavy (non-hydrogen) atoms. The van der Waals surface area contributed by atoms with Gasteiger partial charge in [-0.2, -0.15) is 4.98 Å². The number of nitrogens with one attached hydrogen (secondary N) is 1. The molecule has 1 atom stereocenters. The second-order valence-electron chi connectivity index (χ2n) is 11.4. The summed E-state index contributed by atoms with van der Waals surface area (Å²) in [6.07, 6.45) is 0.937. The average molecular weight is 608 g/mol. The maximum Gasteiger partial charge on any atom is 0.407 e. The highest BCUT2D eigenvalue weighted by Crippen LogP contribution is 2.24. The molecule has 0 aliphatic carbocycles. The van der Waals surface area contributed by atoms with E-state index in [-0.39, 0.29) is 35.1 Å². The number of carbonyl (C=O) groups excluding carboxylic acids is 3. The van der Waals surface area contributed by atoms with E-state index in [1.807, 2.05) is 4.90 Å². The molecule has 1 saturated heterocycles. The van der Waals surface area contributed by atoms with Gasteiger partial charge in [0, 0.05) is 26.2 Å². The number of imidazole rings is 1. The van der Waals surface area contributed by atoms with Gasteiger partial charge in [-0.05, 0) is 52.7 Å². The number of para-hydroxylation sites is 1. The molecule has 1 fully saturated rings. The highest BCUT2D eigenvalue weighted by molar-refractivity contribution is 5.98. The summed E-state index contributed by atoms with van der Waals surface area (Å²) in [5.41, 5.74) is 3.43. The van der Waals surface area contributed by atoms with E-state index in [1.165, 1.54) is 23.7 Å². The van der Waals surface area contributed by atoms with Gasteiger partial charge in [0.2, 0.25) is 5.95 Å². The summed E-state index contributed by atoms with van der Waals surface area (Å²) < 4.78 is 14.5. The molecule has 2 aromatic heterocycles. The number of ketones is 1. The number of fused-ring (bicyclic) bond motifs is 1. The van der Waals surface area contributed by atoms with Crippen LogP contribution in [0.25, 0.3) is 11.2 Å². The van der Waals surface area contributed by atoms with Crippen LogP contribution in [0.2, 0.25) is 0 Å². The number of alkyl carbamates (subject to hydrolysis) is 1. The normalized spacial score (nSPS) is 14.9. The van der Waals surface area contributed by atoms with Crippen LogP contribution in [0.15, 0.2) is 33.9 Å². The Labute approximate surface area is 253 Å². The number of anilines is 1. The lowest BCUT2D eigenvalue weighted by atomic mass is 10.1. The maximum absolute atomic E-state index is 13.9. The number of benzene rings is 1. The zero-order chi connectivity index (χ0) is 32.2. The van der Waals surface area contributed by atoms with Crippen molar-refractivity contribution in [1.82, 2.24) is 24.0 Å². The molecule has 1 aromatic carbocycles. The smallest absolute Gasteiger partial charge is 0.407 e. The van der Waals surface area contributed by atoms with Crippen LogP contribution in [-0.4, -0.2) is 67.8 Å². The van der Waals surface area contributed by atoms with Crippen LogP contribution in [0.5, 0.6) is 5.75 Å². The molecule has 14 heteroatoms. The monoisotopic (exact) mass is 607 g/mol. The molecule has 0 saturated carbocycles. The summed E-state index contributed by atoms with van der Waals surface area (Å²) >= 11 is 0. The van der Waals surface area contributed by atoms with Crippen LogP contribution in [-0.2, 0) is 29.7 Å². The van der Waals surface area contributed by atoms with Gasteiger partial charge < -0.3 is 25.4 Å². The van der Waals surface area contributed by atoms with E-state index >= 15 is 0 Å². The first-order valence-corrected chi connectivity index (χ1v) is 14.2. The summed E-state index contributed by atoms with van der Waals surface area (Å²) in [5.74, 6) is 5.02. The van der Waals surface area contributed by atoms with Gasteiger partial charge in [0.05, 0.1) is 18.7 Å². The topological polar surface area (TPSA) is 173 Å².